The normalized spacial score (nSPS) is 11.0. The first kappa shape index (κ1) is 25.7. The molecule has 190 valence electrons. The molecular weight excluding hydrogens is 495 g/mol. The highest BCUT2D eigenvalue weighted by atomic mass is 32.2. The molecule has 0 aliphatic rings. The molecule has 0 heterocycles. The van der Waals surface area contributed by atoms with Crippen LogP contribution in [0.2, 0.25) is 0 Å². The second-order valence-corrected chi connectivity index (χ2v) is 9.83. The maximum atomic E-state index is 13.7. The summed E-state index contributed by atoms with van der Waals surface area (Å²) in [6.07, 6.45) is 0. The standard InChI is InChI=1S/C28H25FN2O5S/c1-35-26-17-16-23(18-27(26)36-2)37(33,34)31(22-14-12-21(29)13-15-22)19-28(32)30-25-11-7-6-10-24(25)20-8-4-3-5-9-20/h3-18H,19H2,1-2H3,(H,30,32). The van der Waals surface area contributed by atoms with Gasteiger partial charge in [0.25, 0.3) is 10.0 Å². The number of carbonyl (C=O) groups is 1. The molecule has 4 aromatic rings. The summed E-state index contributed by atoms with van der Waals surface area (Å²) >= 11 is 0. The number of sulfonamides is 1. The summed E-state index contributed by atoms with van der Waals surface area (Å²) in [6, 6.07) is 25.7. The van der Waals surface area contributed by atoms with Crippen molar-refractivity contribution < 1.29 is 27.1 Å². The minimum atomic E-state index is -4.26. The zero-order chi connectivity index (χ0) is 26.4. The second-order valence-electron chi connectivity index (χ2n) is 7.96. The predicted molar refractivity (Wildman–Crippen MR) is 141 cm³/mol. The highest BCUT2D eigenvalue weighted by Crippen LogP contribution is 2.33. The highest BCUT2D eigenvalue weighted by molar-refractivity contribution is 7.92. The Morgan fingerprint density at radius 1 is 0.838 bits per heavy atom. The third kappa shape index (κ3) is 5.73. The third-order valence-electron chi connectivity index (χ3n) is 5.63. The second kappa shape index (κ2) is 11.1. The number of anilines is 2. The van der Waals surface area contributed by atoms with E-state index in [-0.39, 0.29) is 16.3 Å². The van der Waals surface area contributed by atoms with Gasteiger partial charge in [-0.15, -0.1) is 0 Å². The van der Waals surface area contributed by atoms with Crippen molar-refractivity contribution in [2.45, 2.75) is 4.90 Å². The molecule has 4 rings (SSSR count). The Morgan fingerprint density at radius 3 is 2.16 bits per heavy atom. The molecule has 0 aromatic heterocycles. The van der Waals surface area contributed by atoms with Gasteiger partial charge in [-0.1, -0.05) is 48.5 Å². The van der Waals surface area contributed by atoms with Crippen LogP contribution in [0.25, 0.3) is 11.1 Å². The number of amides is 1. The van der Waals surface area contributed by atoms with Gasteiger partial charge in [0.15, 0.2) is 11.5 Å². The van der Waals surface area contributed by atoms with E-state index in [0.717, 1.165) is 27.6 Å². The number of para-hydroxylation sites is 1. The van der Waals surface area contributed by atoms with Crippen LogP contribution in [0, 0.1) is 5.82 Å². The Morgan fingerprint density at radius 2 is 1.49 bits per heavy atom. The van der Waals surface area contributed by atoms with Gasteiger partial charge in [-0.3, -0.25) is 9.10 Å². The van der Waals surface area contributed by atoms with Crippen molar-refractivity contribution in [1.82, 2.24) is 0 Å². The molecule has 9 heteroatoms. The fraction of sp³-hybridized carbons (Fsp3) is 0.107. The largest absolute Gasteiger partial charge is 0.493 e. The van der Waals surface area contributed by atoms with Crippen molar-refractivity contribution in [1.29, 1.82) is 0 Å². The topological polar surface area (TPSA) is 84.9 Å². The van der Waals surface area contributed by atoms with Crippen LogP contribution in [0.3, 0.4) is 0 Å². The van der Waals surface area contributed by atoms with Gasteiger partial charge in [0.05, 0.1) is 24.8 Å². The number of hydrogen-bond donors (Lipinski definition) is 1. The molecule has 0 aliphatic carbocycles. The first-order valence-corrected chi connectivity index (χ1v) is 12.7. The number of rotatable bonds is 9. The maximum absolute atomic E-state index is 13.7. The summed E-state index contributed by atoms with van der Waals surface area (Å²) in [7, 11) is -1.43. The average molecular weight is 521 g/mol. The maximum Gasteiger partial charge on any atom is 0.264 e. The lowest BCUT2D eigenvalue weighted by Crippen LogP contribution is -2.38. The summed E-state index contributed by atoms with van der Waals surface area (Å²) < 4.78 is 52.4. The fourth-order valence-corrected chi connectivity index (χ4v) is 5.25. The van der Waals surface area contributed by atoms with E-state index in [9.17, 15) is 17.6 Å². The molecule has 0 fully saturated rings. The SMILES string of the molecule is COc1ccc(S(=O)(=O)N(CC(=O)Nc2ccccc2-c2ccccc2)c2ccc(F)cc2)cc1OC. The van der Waals surface area contributed by atoms with Gasteiger partial charge in [-0.05, 0) is 48.0 Å². The predicted octanol–water partition coefficient (Wildman–Crippen LogP) is 5.34. The minimum absolute atomic E-state index is 0.119. The number of halogens is 1. The lowest BCUT2D eigenvalue weighted by molar-refractivity contribution is -0.114. The van der Waals surface area contributed by atoms with Crippen LogP contribution < -0.4 is 19.1 Å². The number of hydrogen-bond acceptors (Lipinski definition) is 5. The number of ether oxygens (including phenoxy) is 2. The van der Waals surface area contributed by atoms with Gasteiger partial charge >= 0.3 is 0 Å². The summed E-state index contributed by atoms with van der Waals surface area (Å²) in [5.74, 6) is -0.542. The molecule has 0 bridgehead atoms. The average Bonchev–Trinajstić information content (AvgIpc) is 2.92. The molecule has 0 radical (unpaired) electrons. The summed E-state index contributed by atoms with van der Waals surface area (Å²) in [6.45, 7) is -0.550. The van der Waals surface area contributed by atoms with Gasteiger partial charge in [0.1, 0.15) is 12.4 Å². The molecule has 7 nitrogen and oxygen atoms in total. The van der Waals surface area contributed by atoms with E-state index in [1.807, 2.05) is 42.5 Å². The van der Waals surface area contributed by atoms with E-state index >= 15 is 0 Å². The first-order chi connectivity index (χ1) is 17.8. The van der Waals surface area contributed by atoms with Gasteiger partial charge in [-0.25, -0.2) is 12.8 Å². The summed E-state index contributed by atoms with van der Waals surface area (Å²) in [5, 5.41) is 2.82. The lowest BCUT2D eigenvalue weighted by Gasteiger charge is -2.25. The zero-order valence-electron chi connectivity index (χ0n) is 20.2. The minimum Gasteiger partial charge on any atom is -0.493 e. The van der Waals surface area contributed by atoms with E-state index in [0.29, 0.717) is 11.4 Å². The summed E-state index contributed by atoms with van der Waals surface area (Å²) in [5.41, 5.74) is 2.34. The van der Waals surface area contributed by atoms with Gasteiger partial charge in [-0.2, -0.15) is 0 Å². The van der Waals surface area contributed by atoms with Crippen molar-refractivity contribution in [3.63, 3.8) is 0 Å². The molecule has 1 N–H and O–H groups in total. The van der Waals surface area contributed by atoms with Gasteiger partial charge in [0.2, 0.25) is 5.91 Å². The van der Waals surface area contributed by atoms with E-state index in [4.69, 9.17) is 9.47 Å². The molecule has 0 saturated heterocycles. The van der Waals surface area contributed by atoms with E-state index in [1.165, 1.54) is 44.6 Å². The van der Waals surface area contributed by atoms with Gasteiger partial charge < -0.3 is 14.8 Å². The number of nitrogens with one attached hydrogen (secondary N) is 1. The van der Waals surface area contributed by atoms with E-state index in [2.05, 4.69) is 5.32 Å². The van der Waals surface area contributed by atoms with Crippen molar-refractivity contribution in [3.05, 3.63) is 103 Å². The van der Waals surface area contributed by atoms with Crippen LogP contribution in [-0.2, 0) is 14.8 Å². The fourth-order valence-electron chi connectivity index (χ4n) is 3.81. The van der Waals surface area contributed by atoms with Crippen LogP contribution in [0.4, 0.5) is 15.8 Å². The molecule has 0 saturated carbocycles. The molecule has 0 aliphatic heterocycles. The van der Waals surface area contributed by atoms with Crippen LogP contribution in [-0.4, -0.2) is 35.1 Å². The van der Waals surface area contributed by atoms with Gasteiger partial charge in [0, 0.05) is 17.3 Å². The monoisotopic (exact) mass is 520 g/mol. The molecular formula is C28H25FN2O5S. The van der Waals surface area contributed by atoms with Crippen molar-refractivity contribution in [2.24, 2.45) is 0 Å². The van der Waals surface area contributed by atoms with E-state index < -0.39 is 28.3 Å². The number of carbonyl (C=O) groups excluding carboxylic acids is 1. The number of benzene rings is 4. The highest BCUT2D eigenvalue weighted by Gasteiger charge is 2.28. The Labute approximate surface area is 215 Å². The molecule has 37 heavy (non-hydrogen) atoms. The van der Waals surface area contributed by atoms with Crippen molar-refractivity contribution >= 4 is 27.3 Å². The Bertz CT molecular complexity index is 1490. The first-order valence-electron chi connectivity index (χ1n) is 11.3. The van der Waals surface area contributed by atoms with Crippen molar-refractivity contribution in [2.75, 3.05) is 30.4 Å². The Kier molecular flexibility index (Phi) is 7.74. The third-order valence-corrected chi connectivity index (χ3v) is 7.40. The van der Waals surface area contributed by atoms with Crippen molar-refractivity contribution in [3.8, 4) is 22.6 Å². The lowest BCUT2D eigenvalue weighted by atomic mass is 10.0. The zero-order valence-corrected chi connectivity index (χ0v) is 21.0. The molecule has 0 spiro atoms. The molecule has 0 unspecified atom stereocenters. The molecule has 1 amide bonds. The van der Waals surface area contributed by atoms with Crippen LogP contribution in [0.5, 0.6) is 11.5 Å². The van der Waals surface area contributed by atoms with Crippen LogP contribution in [0.15, 0.2) is 102 Å². The number of methoxy groups -OCH3 is 2. The van der Waals surface area contributed by atoms with Crippen LogP contribution in [0.1, 0.15) is 0 Å². The smallest absolute Gasteiger partial charge is 0.264 e. The summed E-state index contributed by atoms with van der Waals surface area (Å²) in [4.78, 5) is 13.1. The quantitative estimate of drug-likeness (QED) is 0.322. The number of nitrogens with zero attached hydrogens (tertiary/aromatic N) is 1. The Balaban J connectivity index is 1.69. The van der Waals surface area contributed by atoms with E-state index in [1.54, 1.807) is 12.1 Å². The van der Waals surface area contributed by atoms with Crippen LogP contribution >= 0.6 is 0 Å². The molecule has 4 aromatic carbocycles. The molecule has 0 atom stereocenters. The Hall–Kier alpha value is -4.37.